The van der Waals surface area contributed by atoms with E-state index in [0.717, 1.165) is 37.3 Å². The molecule has 0 fully saturated rings. The maximum atomic E-state index is 13.9. The molecule has 1 atom stereocenters. The van der Waals surface area contributed by atoms with Gasteiger partial charge in [-0.3, -0.25) is 0 Å². The molecule has 1 rings (SSSR count). The first-order valence-electron chi connectivity index (χ1n) is 7.44. The lowest BCUT2D eigenvalue weighted by Gasteiger charge is -2.28. The average Bonchev–Trinajstić information content (AvgIpc) is 2.43. The van der Waals surface area contributed by atoms with Gasteiger partial charge in [0.15, 0.2) is 0 Å². The molecule has 0 aliphatic heterocycles. The second kappa shape index (κ2) is 8.22. The topological polar surface area (TPSA) is 35.5 Å². The Kier molecular flexibility index (Phi) is 6.96. The SMILES string of the molecule is CCNC(C)c1cc(F)c(C)cc1N(CC)CCCO. The minimum Gasteiger partial charge on any atom is -0.396 e. The van der Waals surface area contributed by atoms with Crippen molar-refractivity contribution in [1.82, 2.24) is 5.32 Å². The fourth-order valence-electron chi connectivity index (χ4n) is 2.43. The molecule has 0 aromatic heterocycles. The Bertz CT molecular complexity index is 423. The minimum absolute atomic E-state index is 0.105. The van der Waals surface area contributed by atoms with Crippen molar-refractivity contribution in [2.75, 3.05) is 31.1 Å². The van der Waals surface area contributed by atoms with Gasteiger partial charge in [-0.1, -0.05) is 6.92 Å². The number of aliphatic hydroxyl groups is 1. The molecule has 1 aromatic rings. The number of hydrogen-bond acceptors (Lipinski definition) is 3. The van der Waals surface area contributed by atoms with Crippen LogP contribution in [0.5, 0.6) is 0 Å². The largest absolute Gasteiger partial charge is 0.396 e. The fourth-order valence-corrected chi connectivity index (χ4v) is 2.43. The maximum absolute atomic E-state index is 13.9. The third-order valence-corrected chi connectivity index (χ3v) is 3.59. The molecule has 0 aliphatic rings. The van der Waals surface area contributed by atoms with E-state index < -0.39 is 0 Å². The Hall–Kier alpha value is -1.13. The second-order valence-electron chi connectivity index (χ2n) is 5.10. The van der Waals surface area contributed by atoms with Crippen molar-refractivity contribution in [3.8, 4) is 0 Å². The molecule has 0 amide bonds. The molecular formula is C16H27FN2O. The molecule has 0 heterocycles. The van der Waals surface area contributed by atoms with Crippen LogP contribution in [0, 0.1) is 12.7 Å². The van der Waals surface area contributed by atoms with E-state index >= 15 is 0 Å². The molecule has 4 heteroatoms. The molecule has 0 saturated heterocycles. The van der Waals surface area contributed by atoms with E-state index in [2.05, 4.69) is 24.1 Å². The summed E-state index contributed by atoms with van der Waals surface area (Å²) in [5, 5.41) is 12.4. The zero-order valence-corrected chi connectivity index (χ0v) is 13.0. The van der Waals surface area contributed by atoms with E-state index in [1.54, 1.807) is 13.0 Å². The predicted molar refractivity (Wildman–Crippen MR) is 82.8 cm³/mol. The van der Waals surface area contributed by atoms with Gasteiger partial charge in [-0.25, -0.2) is 4.39 Å². The molecule has 20 heavy (non-hydrogen) atoms. The fraction of sp³-hybridized carbons (Fsp3) is 0.625. The molecule has 0 radical (unpaired) electrons. The number of anilines is 1. The molecule has 114 valence electrons. The summed E-state index contributed by atoms with van der Waals surface area (Å²) in [4.78, 5) is 2.20. The van der Waals surface area contributed by atoms with Gasteiger partial charge in [0.1, 0.15) is 5.82 Å². The minimum atomic E-state index is -0.160. The molecule has 0 saturated carbocycles. The van der Waals surface area contributed by atoms with Gasteiger partial charge < -0.3 is 15.3 Å². The summed E-state index contributed by atoms with van der Waals surface area (Å²) in [6, 6.07) is 3.66. The van der Waals surface area contributed by atoms with Crippen molar-refractivity contribution in [3.63, 3.8) is 0 Å². The zero-order chi connectivity index (χ0) is 15.1. The van der Waals surface area contributed by atoms with Crippen LogP contribution in [0.4, 0.5) is 10.1 Å². The average molecular weight is 282 g/mol. The van der Waals surface area contributed by atoms with Gasteiger partial charge >= 0.3 is 0 Å². The highest BCUT2D eigenvalue weighted by Crippen LogP contribution is 2.29. The van der Waals surface area contributed by atoms with Gasteiger partial charge in [0.2, 0.25) is 0 Å². The summed E-state index contributed by atoms with van der Waals surface area (Å²) < 4.78 is 13.9. The lowest BCUT2D eigenvalue weighted by atomic mass is 10.0. The highest BCUT2D eigenvalue weighted by atomic mass is 19.1. The number of aryl methyl sites for hydroxylation is 1. The molecular weight excluding hydrogens is 255 g/mol. The van der Waals surface area contributed by atoms with Crippen LogP contribution in [0.25, 0.3) is 0 Å². The van der Waals surface area contributed by atoms with E-state index in [1.807, 2.05) is 13.0 Å². The molecule has 0 aliphatic carbocycles. The molecule has 0 bridgehead atoms. The van der Waals surface area contributed by atoms with Gasteiger partial charge in [-0.15, -0.1) is 0 Å². The lowest BCUT2D eigenvalue weighted by Crippen LogP contribution is -2.28. The first-order chi connectivity index (χ1) is 9.54. The van der Waals surface area contributed by atoms with Crippen LogP contribution in [0.2, 0.25) is 0 Å². The van der Waals surface area contributed by atoms with Gasteiger partial charge in [0.05, 0.1) is 0 Å². The summed E-state index contributed by atoms with van der Waals surface area (Å²) in [7, 11) is 0. The third kappa shape index (κ3) is 4.18. The Balaban J connectivity index is 3.16. The standard InChI is InChI=1S/C16H27FN2O/c1-5-18-13(4)14-11-15(17)12(3)10-16(14)19(6-2)8-7-9-20/h10-11,13,18,20H,5-9H2,1-4H3. The van der Waals surface area contributed by atoms with Gasteiger partial charge in [-0.05, 0) is 57.0 Å². The number of aliphatic hydroxyl groups excluding tert-OH is 1. The van der Waals surface area contributed by atoms with Crippen LogP contribution in [-0.2, 0) is 0 Å². The second-order valence-corrected chi connectivity index (χ2v) is 5.10. The van der Waals surface area contributed by atoms with Crippen molar-refractivity contribution in [1.29, 1.82) is 0 Å². The van der Waals surface area contributed by atoms with Crippen molar-refractivity contribution >= 4 is 5.69 Å². The number of hydrogen-bond donors (Lipinski definition) is 2. The highest BCUT2D eigenvalue weighted by molar-refractivity contribution is 5.57. The van der Waals surface area contributed by atoms with Crippen molar-refractivity contribution in [2.45, 2.75) is 40.2 Å². The Morgan fingerprint density at radius 1 is 1.35 bits per heavy atom. The van der Waals surface area contributed by atoms with Crippen LogP contribution >= 0.6 is 0 Å². The van der Waals surface area contributed by atoms with E-state index in [1.165, 1.54) is 0 Å². The molecule has 2 N–H and O–H groups in total. The molecule has 3 nitrogen and oxygen atoms in total. The Labute approximate surface area is 121 Å². The van der Waals surface area contributed by atoms with Crippen LogP contribution in [0.3, 0.4) is 0 Å². The zero-order valence-electron chi connectivity index (χ0n) is 13.0. The molecule has 1 unspecified atom stereocenters. The predicted octanol–water partition coefficient (Wildman–Crippen LogP) is 3.01. The first-order valence-corrected chi connectivity index (χ1v) is 7.44. The van der Waals surface area contributed by atoms with Crippen molar-refractivity contribution in [2.24, 2.45) is 0 Å². The molecule has 0 spiro atoms. The summed E-state index contributed by atoms with van der Waals surface area (Å²) in [5.41, 5.74) is 2.71. The van der Waals surface area contributed by atoms with Crippen LogP contribution in [0.15, 0.2) is 12.1 Å². The van der Waals surface area contributed by atoms with E-state index in [-0.39, 0.29) is 18.5 Å². The monoisotopic (exact) mass is 282 g/mol. The van der Waals surface area contributed by atoms with E-state index in [0.29, 0.717) is 5.56 Å². The quantitative estimate of drug-likeness (QED) is 0.769. The van der Waals surface area contributed by atoms with Crippen LogP contribution in [0.1, 0.15) is 44.4 Å². The Morgan fingerprint density at radius 3 is 2.60 bits per heavy atom. The van der Waals surface area contributed by atoms with E-state index in [9.17, 15) is 4.39 Å². The summed E-state index contributed by atoms with van der Waals surface area (Å²) in [6.07, 6.45) is 0.722. The van der Waals surface area contributed by atoms with Gasteiger partial charge in [-0.2, -0.15) is 0 Å². The van der Waals surface area contributed by atoms with Gasteiger partial charge in [0.25, 0.3) is 0 Å². The summed E-state index contributed by atoms with van der Waals surface area (Å²) >= 11 is 0. The normalized spacial score (nSPS) is 12.5. The maximum Gasteiger partial charge on any atom is 0.126 e. The molecule has 1 aromatic carbocycles. The van der Waals surface area contributed by atoms with Crippen LogP contribution < -0.4 is 10.2 Å². The smallest absolute Gasteiger partial charge is 0.126 e. The van der Waals surface area contributed by atoms with Crippen LogP contribution in [-0.4, -0.2) is 31.3 Å². The van der Waals surface area contributed by atoms with Crippen molar-refractivity contribution in [3.05, 3.63) is 29.1 Å². The first kappa shape index (κ1) is 16.9. The lowest BCUT2D eigenvalue weighted by molar-refractivity contribution is 0.289. The number of benzene rings is 1. The Morgan fingerprint density at radius 2 is 2.05 bits per heavy atom. The third-order valence-electron chi connectivity index (χ3n) is 3.59. The number of nitrogens with one attached hydrogen (secondary N) is 1. The summed E-state index contributed by atoms with van der Waals surface area (Å²) in [6.45, 7) is 10.6. The number of rotatable bonds is 8. The number of nitrogens with zero attached hydrogens (tertiary/aromatic N) is 1. The van der Waals surface area contributed by atoms with E-state index in [4.69, 9.17) is 5.11 Å². The number of halogens is 1. The summed E-state index contributed by atoms with van der Waals surface area (Å²) in [5.74, 6) is -0.160. The van der Waals surface area contributed by atoms with Crippen molar-refractivity contribution < 1.29 is 9.50 Å². The van der Waals surface area contributed by atoms with Gasteiger partial charge in [0, 0.05) is 31.4 Å². The highest BCUT2D eigenvalue weighted by Gasteiger charge is 2.17.